The third-order valence-electron chi connectivity index (χ3n) is 4.42. The van der Waals surface area contributed by atoms with Crippen LogP contribution in [0.5, 0.6) is 0 Å². The lowest BCUT2D eigenvalue weighted by Crippen LogP contribution is -2.46. The Kier molecular flexibility index (Phi) is 3.40. The number of nitrogens with zero attached hydrogens (tertiary/aromatic N) is 4. The van der Waals surface area contributed by atoms with E-state index in [0.29, 0.717) is 11.6 Å². The number of hydrogen-bond acceptors (Lipinski definition) is 8. The fourth-order valence-electron chi connectivity index (χ4n) is 3.33. The summed E-state index contributed by atoms with van der Waals surface area (Å²) in [6.45, 7) is 2.10. The number of anilines is 2. The first-order valence-corrected chi connectivity index (χ1v) is 7.60. The van der Waals surface area contributed by atoms with Crippen LogP contribution in [0.3, 0.4) is 0 Å². The molecular weight excluding hydrogens is 298 g/mol. The molecule has 4 heterocycles. The summed E-state index contributed by atoms with van der Waals surface area (Å²) >= 11 is 0. The van der Waals surface area contributed by atoms with Gasteiger partial charge in [0.1, 0.15) is 24.4 Å². The summed E-state index contributed by atoms with van der Waals surface area (Å²) in [6, 6.07) is 1.67. The summed E-state index contributed by atoms with van der Waals surface area (Å²) in [6.07, 6.45) is 3.54. The van der Waals surface area contributed by atoms with Gasteiger partial charge < -0.3 is 15.6 Å². The number of hydrogen-bond donors (Lipinski definition) is 4. The maximum Gasteiger partial charge on any atom is 0.155 e. The van der Waals surface area contributed by atoms with Crippen LogP contribution in [0.2, 0.25) is 0 Å². The molecule has 2 aromatic rings. The molecular formula is C14H19N7O2. The molecule has 9 nitrogen and oxygen atoms in total. The van der Waals surface area contributed by atoms with Gasteiger partial charge in [-0.25, -0.2) is 15.4 Å². The Morgan fingerprint density at radius 2 is 2.35 bits per heavy atom. The summed E-state index contributed by atoms with van der Waals surface area (Å²) in [4.78, 5) is 8.49. The van der Waals surface area contributed by atoms with E-state index in [1.807, 2.05) is 11.1 Å². The molecule has 9 heteroatoms. The van der Waals surface area contributed by atoms with Crippen LogP contribution in [-0.2, 0) is 4.74 Å². The molecule has 0 spiro atoms. The highest BCUT2D eigenvalue weighted by atomic mass is 16.5. The minimum atomic E-state index is -0.229. The highest BCUT2D eigenvalue weighted by Gasteiger charge is 2.43. The molecule has 0 aromatic carbocycles. The minimum absolute atomic E-state index is 0.0113. The Bertz CT molecular complexity index is 692. The summed E-state index contributed by atoms with van der Waals surface area (Å²) in [5, 5.41) is 18.2. The van der Waals surface area contributed by atoms with Gasteiger partial charge in [-0.2, -0.15) is 5.10 Å². The number of hydrazine groups is 1. The molecule has 4 unspecified atom stereocenters. The lowest BCUT2D eigenvalue weighted by molar-refractivity contribution is 0.000490. The van der Waals surface area contributed by atoms with E-state index in [1.54, 1.807) is 6.20 Å². The molecule has 0 aliphatic carbocycles. The Morgan fingerprint density at radius 3 is 3.04 bits per heavy atom. The predicted molar refractivity (Wildman–Crippen MR) is 82.0 cm³/mol. The highest BCUT2D eigenvalue weighted by Crippen LogP contribution is 2.41. The van der Waals surface area contributed by atoms with Gasteiger partial charge in [0.05, 0.1) is 24.0 Å². The van der Waals surface area contributed by atoms with Gasteiger partial charge in [0, 0.05) is 12.1 Å². The van der Waals surface area contributed by atoms with E-state index in [1.165, 1.54) is 6.33 Å². The lowest BCUT2D eigenvalue weighted by Gasteiger charge is -2.28. The number of nitrogen functional groups attached to an aromatic ring is 1. The summed E-state index contributed by atoms with van der Waals surface area (Å²) in [5.74, 6) is 1.37. The maximum absolute atomic E-state index is 9.36. The van der Waals surface area contributed by atoms with Gasteiger partial charge >= 0.3 is 0 Å². The van der Waals surface area contributed by atoms with Crippen molar-refractivity contribution in [1.82, 2.24) is 25.6 Å². The average molecular weight is 317 g/mol. The zero-order valence-electron chi connectivity index (χ0n) is 12.7. The number of rotatable bonds is 3. The highest BCUT2D eigenvalue weighted by molar-refractivity contribution is 5.63. The van der Waals surface area contributed by atoms with Crippen molar-refractivity contribution >= 4 is 11.6 Å². The third-order valence-corrected chi connectivity index (χ3v) is 4.42. The summed E-state index contributed by atoms with van der Waals surface area (Å²) in [5.41, 5.74) is 11.2. The van der Waals surface area contributed by atoms with Crippen LogP contribution < -0.4 is 16.2 Å². The molecule has 4 atom stereocenters. The van der Waals surface area contributed by atoms with Gasteiger partial charge in [-0.05, 0) is 12.5 Å². The van der Waals surface area contributed by atoms with Gasteiger partial charge in [0.2, 0.25) is 0 Å². The largest absolute Gasteiger partial charge is 0.394 e. The number of aliphatic hydroxyl groups is 1. The lowest BCUT2D eigenvalue weighted by atomic mass is 10.1. The fraction of sp³-hybridized carbons (Fsp3) is 0.500. The second-order valence-corrected chi connectivity index (χ2v) is 5.98. The number of fused-ring (bicyclic) bond motifs is 1. The van der Waals surface area contributed by atoms with Crippen molar-refractivity contribution in [2.45, 2.75) is 31.7 Å². The van der Waals surface area contributed by atoms with Crippen LogP contribution in [-0.4, -0.2) is 44.2 Å². The van der Waals surface area contributed by atoms with Gasteiger partial charge in [-0.3, -0.25) is 10.1 Å². The van der Waals surface area contributed by atoms with Crippen molar-refractivity contribution in [2.75, 3.05) is 17.3 Å². The molecule has 0 amide bonds. The maximum atomic E-state index is 9.36. The first kappa shape index (κ1) is 14.4. The van der Waals surface area contributed by atoms with Crippen LogP contribution in [0.25, 0.3) is 0 Å². The van der Waals surface area contributed by atoms with Crippen molar-refractivity contribution in [2.24, 2.45) is 5.92 Å². The van der Waals surface area contributed by atoms with Crippen molar-refractivity contribution in [3.8, 4) is 0 Å². The molecule has 2 aromatic heterocycles. The van der Waals surface area contributed by atoms with Crippen molar-refractivity contribution in [3.05, 3.63) is 29.8 Å². The van der Waals surface area contributed by atoms with Crippen molar-refractivity contribution in [1.29, 1.82) is 0 Å². The normalized spacial score (nSPS) is 29.9. The van der Waals surface area contributed by atoms with Crippen molar-refractivity contribution in [3.63, 3.8) is 0 Å². The molecule has 0 bridgehead atoms. The van der Waals surface area contributed by atoms with Crippen LogP contribution in [0.15, 0.2) is 18.6 Å². The number of H-pyrrole nitrogens is 1. The standard InChI is InChI=1S/C14H19N7O2/c1-7-4-8(5-22)23-14(7)21-13-10(12(15)16-6-17-13)11(20-21)9-2-3-18-19-9/h2-3,6-8,11,14,20,22H,4-5H2,1H3,(H,18,19)(H2,15,16,17). The van der Waals surface area contributed by atoms with E-state index < -0.39 is 0 Å². The monoisotopic (exact) mass is 317 g/mol. The average Bonchev–Trinajstić information content (AvgIpc) is 3.25. The molecule has 5 N–H and O–H groups in total. The zero-order valence-corrected chi connectivity index (χ0v) is 12.7. The van der Waals surface area contributed by atoms with E-state index in [4.69, 9.17) is 10.5 Å². The van der Waals surface area contributed by atoms with Gasteiger partial charge in [0.15, 0.2) is 5.82 Å². The van der Waals surface area contributed by atoms with Crippen LogP contribution in [0, 0.1) is 5.92 Å². The van der Waals surface area contributed by atoms with E-state index >= 15 is 0 Å². The molecule has 122 valence electrons. The van der Waals surface area contributed by atoms with Crippen molar-refractivity contribution < 1.29 is 9.84 Å². The summed E-state index contributed by atoms with van der Waals surface area (Å²) < 4.78 is 5.96. The number of aromatic nitrogens is 4. The van der Waals surface area contributed by atoms with E-state index in [0.717, 1.165) is 17.7 Å². The first-order valence-electron chi connectivity index (χ1n) is 7.60. The fourth-order valence-corrected chi connectivity index (χ4v) is 3.33. The molecule has 4 rings (SSSR count). The second-order valence-electron chi connectivity index (χ2n) is 5.98. The number of ether oxygens (including phenoxy) is 1. The van der Waals surface area contributed by atoms with Gasteiger partial charge in [0.25, 0.3) is 0 Å². The Hall–Kier alpha value is -2.23. The number of nitrogens with one attached hydrogen (secondary N) is 2. The quantitative estimate of drug-likeness (QED) is 0.620. The molecule has 0 saturated carbocycles. The van der Waals surface area contributed by atoms with Crippen LogP contribution in [0.4, 0.5) is 11.6 Å². The Morgan fingerprint density at radius 1 is 1.48 bits per heavy atom. The van der Waals surface area contributed by atoms with E-state index in [2.05, 4.69) is 32.5 Å². The third kappa shape index (κ3) is 2.24. The van der Waals surface area contributed by atoms with Gasteiger partial charge in [-0.1, -0.05) is 6.92 Å². The Labute approximate surface area is 132 Å². The van der Waals surface area contributed by atoms with Crippen LogP contribution in [0.1, 0.15) is 30.6 Å². The molecule has 23 heavy (non-hydrogen) atoms. The number of nitrogens with two attached hydrogens (primary N) is 1. The number of aliphatic hydroxyl groups excluding tert-OH is 1. The second kappa shape index (κ2) is 5.44. The predicted octanol–water partition coefficient (Wildman–Crippen LogP) is -0.0607. The van der Waals surface area contributed by atoms with Crippen LogP contribution >= 0.6 is 0 Å². The summed E-state index contributed by atoms with van der Waals surface area (Å²) in [7, 11) is 0. The smallest absolute Gasteiger partial charge is 0.155 e. The number of aromatic amines is 1. The molecule has 1 saturated heterocycles. The molecule has 2 aliphatic heterocycles. The first-order chi connectivity index (χ1) is 11.2. The van der Waals surface area contributed by atoms with E-state index in [9.17, 15) is 5.11 Å². The Balaban J connectivity index is 1.72. The molecule has 1 fully saturated rings. The van der Waals surface area contributed by atoms with Gasteiger partial charge in [-0.15, -0.1) is 0 Å². The minimum Gasteiger partial charge on any atom is -0.394 e. The molecule has 2 aliphatic rings. The zero-order chi connectivity index (χ0) is 16.0. The van der Waals surface area contributed by atoms with E-state index in [-0.39, 0.29) is 30.9 Å². The SMILES string of the molecule is CC1CC(CO)OC1N1NC(c2ccn[nH]2)c2c(N)ncnc21. The topological polar surface area (TPSA) is 125 Å². The molecule has 0 radical (unpaired) electrons.